The highest BCUT2D eigenvalue weighted by molar-refractivity contribution is 5.82. The van der Waals surface area contributed by atoms with Crippen molar-refractivity contribution in [3.05, 3.63) is 29.8 Å². The summed E-state index contributed by atoms with van der Waals surface area (Å²) < 4.78 is 0. The van der Waals surface area contributed by atoms with Gasteiger partial charge in [0.25, 0.3) is 0 Å². The molecule has 1 rings (SSSR count). The molecule has 0 heterocycles. The summed E-state index contributed by atoms with van der Waals surface area (Å²) in [4.78, 5) is 13.7. The quantitative estimate of drug-likeness (QED) is 0.800. The second-order valence-electron chi connectivity index (χ2n) is 4.30. The summed E-state index contributed by atoms with van der Waals surface area (Å²) in [6.45, 7) is 2.82. The van der Waals surface area contributed by atoms with Gasteiger partial charge in [-0.2, -0.15) is 5.26 Å². The molecule has 1 aromatic carbocycles. The van der Waals surface area contributed by atoms with Crippen molar-refractivity contribution in [2.24, 2.45) is 5.73 Å². The normalized spacial score (nSPS) is 11.6. The van der Waals surface area contributed by atoms with E-state index >= 15 is 0 Å². The first-order chi connectivity index (χ1) is 9.08. The van der Waals surface area contributed by atoms with E-state index in [0.29, 0.717) is 25.9 Å². The maximum absolute atomic E-state index is 12.1. The number of carbonyl (C=O) groups excluding carboxylic acids is 1. The maximum Gasteiger partial charge on any atom is 0.239 e. The average molecular weight is 261 g/mol. The first kappa shape index (κ1) is 15.0. The molecule has 1 atom stereocenters. The van der Waals surface area contributed by atoms with Crippen molar-refractivity contribution in [3.8, 4) is 11.8 Å². The van der Waals surface area contributed by atoms with Gasteiger partial charge in [0.05, 0.1) is 18.5 Å². The van der Waals surface area contributed by atoms with Crippen LogP contribution in [-0.4, -0.2) is 35.0 Å². The summed E-state index contributed by atoms with van der Waals surface area (Å²) in [5.41, 5.74) is 6.80. The lowest BCUT2D eigenvalue weighted by Crippen LogP contribution is -2.45. The zero-order chi connectivity index (χ0) is 14.3. The van der Waals surface area contributed by atoms with Crippen LogP contribution in [0.4, 0.5) is 0 Å². The molecule has 0 radical (unpaired) electrons. The van der Waals surface area contributed by atoms with E-state index in [1.54, 1.807) is 29.2 Å². The molecule has 3 N–H and O–H groups in total. The minimum absolute atomic E-state index is 0.147. The zero-order valence-electron chi connectivity index (χ0n) is 11.0. The number of aromatic hydroxyl groups is 1. The number of carbonyl (C=O) groups is 1. The van der Waals surface area contributed by atoms with Gasteiger partial charge in [0.15, 0.2) is 0 Å². The van der Waals surface area contributed by atoms with Gasteiger partial charge in [0.1, 0.15) is 5.75 Å². The summed E-state index contributed by atoms with van der Waals surface area (Å²) in [5, 5.41) is 17.7. The average Bonchev–Trinajstić information content (AvgIpc) is 2.42. The molecule has 0 saturated carbocycles. The maximum atomic E-state index is 12.1. The molecule has 0 aliphatic heterocycles. The lowest BCUT2D eigenvalue weighted by molar-refractivity contribution is -0.132. The van der Waals surface area contributed by atoms with E-state index in [2.05, 4.69) is 0 Å². The third-order valence-corrected chi connectivity index (χ3v) is 2.90. The van der Waals surface area contributed by atoms with E-state index in [-0.39, 0.29) is 11.7 Å². The Bertz CT molecular complexity index is 451. The van der Waals surface area contributed by atoms with Crippen LogP contribution in [0.5, 0.6) is 5.75 Å². The summed E-state index contributed by atoms with van der Waals surface area (Å²) in [7, 11) is 0. The standard InChI is InChI=1S/C14H19N3O2/c1-2-17(9-3-8-15)14(19)13(16)10-11-4-6-12(18)7-5-11/h4-7,13,18H,2-3,9-10,16H2,1H3. The number of amides is 1. The van der Waals surface area contributed by atoms with Crippen molar-refractivity contribution in [3.63, 3.8) is 0 Å². The number of hydrogen-bond donors (Lipinski definition) is 2. The Morgan fingerprint density at radius 1 is 1.47 bits per heavy atom. The van der Waals surface area contributed by atoms with Crippen LogP contribution in [0.2, 0.25) is 0 Å². The molecule has 5 nitrogen and oxygen atoms in total. The first-order valence-corrected chi connectivity index (χ1v) is 6.27. The van der Waals surface area contributed by atoms with Gasteiger partial charge in [-0.3, -0.25) is 4.79 Å². The summed E-state index contributed by atoms with van der Waals surface area (Å²) >= 11 is 0. The van der Waals surface area contributed by atoms with E-state index < -0.39 is 6.04 Å². The molecule has 0 saturated heterocycles. The zero-order valence-corrected chi connectivity index (χ0v) is 11.0. The SMILES string of the molecule is CCN(CCC#N)C(=O)C(N)Cc1ccc(O)cc1. The van der Waals surface area contributed by atoms with Crippen molar-refractivity contribution in [1.82, 2.24) is 4.90 Å². The highest BCUT2D eigenvalue weighted by Crippen LogP contribution is 2.11. The van der Waals surface area contributed by atoms with Crippen LogP contribution in [0, 0.1) is 11.3 Å². The van der Waals surface area contributed by atoms with Gasteiger partial charge in [-0.1, -0.05) is 12.1 Å². The predicted molar refractivity (Wildman–Crippen MR) is 72.3 cm³/mol. The smallest absolute Gasteiger partial charge is 0.239 e. The summed E-state index contributed by atoms with van der Waals surface area (Å²) in [6, 6.07) is 8.02. The molecule has 0 bridgehead atoms. The number of nitrogens with two attached hydrogens (primary N) is 1. The van der Waals surface area contributed by atoms with E-state index in [9.17, 15) is 9.90 Å². The summed E-state index contributed by atoms with van der Waals surface area (Å²) in [6.07, 6.45) is 0.730. The molecule has 102 valence electrons. The number of hydrogen-bond acceptors (Lipinski definition) is 4. The second kappa shape index (κ2) is 7.39. The predicted octanol–water partition coefficient (Wildman–Crippen LogP) is 1.02. The van der Waals surface area contributed by atoms with Crippen molar-refractivity contribution in [2.45, 2.75) is 25.8 Å². The van der Waals surface area contributed by atoms with E-state index in [0.717, 1.165) is 5.56 Å². The van der Waals surface area contributed by atoms with Crippen LogP contribution in [-0.2, 0) is 11.2 Å². The third kappa shape index (κ3) is 4.60. The van der Waals surface area contributed by atoms with Crippen LogP contribution in [0.15, 0.2) is 24.3 Å². The molecular formula is C14H19N3O2. The molecule has 0 spiro atoms. The Balaban J connectivity index is 2.60. The van der Waals surface area contributed by atoms with Crippen LogP contribution in [0.25, 0.3) is 0 Å². The van der Waals surface area contributed by atoms with Gasteiger partial charge in [-0.25, -0.2) is 0 Å². The van der Waals surface area contributed by atoms with Crippen LogP contribution < -0.4 is 5.73 Å². The highest BCUT2D eigenvalue weighted by atomic mass is 16.3. The number of nitrogens with zero attached hydrogens (tertiary/aromatic N) is 2. The van der Waals surface area contributed by atoms with Gasteiger partial charge in [-0.05, 0) is 31.0 Å². The number of phenolic OH excluding ortho intramolecular Hbond substituents is 1. The Morgan fingerprint density at radius 3 is 2.63 bits per heavy atom. The topological polar surface area (TPSA) is 90.4 Å². The Labute approximate surface area is 113 Å². The van der Waals surface area contributed by atoms with Crippen LogP contribution in [0.1, 0.15) is 18.9 Å². The number of phenols is 1. The fourth-order valence-corrected chi connectivity index (χ4v) is 1.82. The number of rotatable bonds is 6. The molecule has 1 unspecified atom stereocenters. The van der Waals surface area contributed by atoms with Crippen molar-refractivity contribution >= 4 is 5.91 Å². The van der Waals surface area contributed by atoms with Crippen LogP contribution >= 0.6 is 0 Å². The van der Waals surface area contributed by atoms with Gasteiger partial charge >= 0.3 is 0 Å². The minimum atomic E-state index is -0.622. The van der Waals surface area contributed by atoms with E-state index in [4.69, 9.17) is 11.0 Å². The van der Waals surface area contributed by atoms with Crippen molar-refractivity contribution in [1.29, 1.82) is 5.26 Å². The largest absolute Gasteiger partial charge is 0.508 e. The lowest BCUT2D eigenvalue weighted by atomic mass is 10.1. The minimum Gasteiger partial charge on any atom is -0.508 e. The third-order valence-electron chi connectivity index (χ3n) is 2.90. The van der Waals surface area contributed by atoms with Gasteiger partial charge < -0.3 is 15.7 Å². The summed E-state index contributed by atoms with van der Waals surface area (Å²) in [5.74, 6) is 0.0404. The van der Waals surface area contributed by atoms with Crippen molar-refractivity contribution < 1.29 is 9.90 Å². The fourth-order valence-electron chi connectivity index (χ4n) is 1.82. The Hall–Kier alpha value is -2.06. The second-order valence-corrected chi connectivity index (χ2v) is 4.30. The molecule has 0 aliphatic rings. The molecule has 1 aromatic rings. The van der Waals surface area contributed by atoms with Gasteiger partial charge in [-0.15, -0.1) is 0 Å². The first-order valence-electron chi connectivity index (χ1n) is 6.27. The van der Waals surface area contributed by atoms with Crippen LogP contribution in [0.3, 0.4) is 0 Å². The molecule has 0 fully saturated rings. The molecule has 1 amide bonds. The van der Waals surface area contributed by atoms with Crippen molar-refractivity contribution in [2.75, 3.05) is 13.1 Å². The van der Waals surface area contributed by atoms with Gasteiger partial charge in [0.2, 0.25) is 5.91 Å². The molecule has 19 heavy (non-hydrogen) atoms. The Morgan fingerprint density at radius 2 is 2.11 bits per heavy atom. The molecule has 0 aliphatic carbocycles. The number of benzene rings is 1. The molecule has 0 aromatic heterocycles. The molecule has 5 heteroatoms. The lowest BCUT2D eigenvalue weighted by Gasteiger charge is -2.23. The monoisotopic (exact) mass is 261 g/mol. The fraction of sp³-hybridized carbons (Fsp3) is 0.429. The van der Waals surface area contributed by atoms with E-state index in [1.165, 1.54) is 0 Å². The van der Waals surface area contributed by atoms with E-state index in [1.807, 2.05) is 13.0 Å². The number of likely N-dealkylation sites (N-methyl/N-ethyl adjacent to an activating group) is 1. The molecular weight excluding hydrogens is 242 g/mol. The number of nitriles is 1. The highest BCUT2D eigenvalue weighted by Gasteiger charge is 2.19. The Kier molecular flexibility index (Phi) is 5.83. The van der Waals surface area contributed by atoms with Gasteiger partial charge in [0, 0.05) is 13.1 Å².